The Morgan fingerprint density at radius 3 is 2.44 bits per heavy atom. The fourth-order valence-corrected chi connectivity index (χ4v) is 5.75. The van der Waals surface area contributed by atoms with Gasteiger partial charge < -0.3 is 15.7 Å². The number of para-hydroxylation sites is 1. The van der Waals surface area contributed by atoms with E-state index in [1.807, 2.05) is 31.2 Å². The molecule has 0 aromatic heterocycles. The van der Waals surface area contributed by atoms with E-state index in [9.17, 15) is 14.7 Å². The average molecular weight is 342 g/mol. The van der Waals surface area contributed by atoms with Crippen LogP contribution in [0.1, 0.15) is 50.5 Å². The van der Waals surface area contributed by atoms with Crippen LogP contribution in [0.15, 0.2) is 24.3 Å². The molecule has 2 atom stereocenters. The van der Waals surface area contributed by atoms with Gasteiger partial charge in [0.1, 0.15) is 6.42 Å². The van der Waals surface area contributed by atoms with Gasteiger partial charge in [-0.25, -0.2) is 0 Å². The van der Waals surface area contributed by atoms with Gasteiger partial charge in [-0.15, -0.1) is 0 Å². The molecule has 0 radical (unpaired) electrons. The molecule has 4 aliphatic rings. The first kappa shape index (κ1) is 16.6. The van der Waals surface area contributed by atoms with Gasteiger partial charge in [-0.2, -0.15) is 0 Å². The Morgan fingerprint density at radius 1 is 1.12 bits per heavy atom. The van der Waals surface area contributed by atoms with Crippen molar-refractivity contribution >= 4 is 17.5 Å². The minimum atomic E-state index is -0.610. The van der Waals surface area contributed by atoms with Gasteiger partial charge in [0, 0.05) is 11.2 Å². The highest BCUT2D eigenvalue weighted by molar-refractivity contribution is 6.04. The molecule has 0 heterocycles. The van der Waals surface area contributed by atoms with Crippen LogP contribution in [0.4, 0.5) is 5.69 Å². The molecule has 25 heavy (non-hydrogen) atoms. The van der Waals surface area contributed by atoms with Gasteiger partial charge in [-0.05, 0) is 68.9 Å². The molecule has 5 nitrogen and oxygen atoms in total. The van der Waals surface area contributed by atoms with Crippen LogP contribution in [0.5, 0.6) is 0 Å². The Morgan fingerprint density at radius 2 is 1.80 bits per heavy atom. The molecule has 0 unspecified atom stereocenters. The van der Waals surface area contributed by atoms with Gasteiger partial charge in [0.15, 0.2) is 0 Å². The minimum absolute atomic E-state index is 0.177. The van der Waals surface area contributed by atoms with Crippen molar-refractivity contribution in [3.8, 4) is 0 Å². The molecule has 4 aliphatic carbocycles. The number of hydrogen-bond acceptors (Lipinski definition) is 3. The molecule has 0 aliphatic heterocycles. The monoisotopic (exact) mass is 342 g/mol. The van der Waals surface area contributed by atoms with Crippen molar-refractivity contribution in [1.82, 2.24) is 5.32 Å². The van der Waals surface area contributed by atoms with Gasteiger partial charge in [-0.3, -0.25) is 9.59 Å². The zero-order chi connectivity index (χ0) is 17.7. The minimum Gasteiger partial charge on any atom is -0.390 e. The Kier molecular flexibility index (Phi) is 3.87. The van der Waals surface area contributed by atoms with Crippen LogP contribution in [0.25, 0.3) is 0 Å². The van der Waals surface area contributed by atoms with Gasteiger partial charge in [0.2, 0.25) is 11.8 Å². The first-order chi connectivity index (χ1) is 11.8. The van der Waals surface area contributed by atoms with Crippen LogP contribution in [0.2, 0.25) is 0 Å². The lowest BCUT2D eigenvalue weighted by Crippen LogP contribution is -2.65. The maximum atomic E-state index is 12.5. The quantitative estimate of drug-likeness (QED) is 0.736. The Balaban J connectivity index is 1.38. The summed E-state index contributed by atoms with van der Waals surface area (Å²) in [7, 11) is 0. The van der Waals surface area contributed by atoms with Crippen LogP contribution >= 0.6 is 0 Å². The van der Waals surface area contributed by atoms with Crippen molar-refractivity contribution in [2.75, 3.05) is 5.32 Å². The highest BCUT2D eigenvalue weighted by Gasteiger charge is 2.57. The topological polar surface area (TPSA) is 78.4 Å². The van der Waals surface area contributed by atoms with E-state index in [0.29, 0.717) is 18.3 Å². The zero-order valence-corrected chi connectivity index (χ0v) is 14.7. The lowest BCUT2D eigenvalue weighted by molar-refractivity contribution is -0.151. The number of nitrogens with one attached hydrogen (secondary N) is 2. The van der Waals surface area contributed by atoms with Crippen LogP contribution in [-0.4, -0.2) is 28.1 Å². The van der Waals surface area contributed by atoms with Crippen LogP contribution in [0.3, 0.4) is 0 Å². The van der Waals surface area contributed by atoms with Gasteiger partial charge in [0.05, 0.1) is 5.60 Å². The van der Waals surface area contributed by atoms with Crippen molar-refractivity contribution in [2.45, 2.75) is 63.0 Å². The summed E-state index contributed by atoms with van der Waals surface area (Å²) in [6.45, 7) is 1.92. The maximum absolute atomic E-state index is 12.5. The molecule has 4 saturated carbocycles. The Hall–Kier alpha value is -1.88. The number of rotatable bonds is 4. The molecule has 0 spiro atoms. The summed E-state index contributed by atoms with van der Waals surface area (Å²) in [5.74, 6) is 0.478. The van der Waals surface area contributed by atoms with Crippen molar-refractivity contribution < 1.29 is 14.7 Å². The van der Waals surface area contributed by atoms with Crippen LogP contribution in [-0.2, 0) is 9.59 Å². The van der Waals surface area contributed by atoms with Crippen LogP contribution < -0.4 is 10.6 Å². The van der Waals surface area contributed by atoms with Gasteiger partial charge in [-0.1, -0.05) is 18.2 Å². The number of amides is 2. The second kappa shape index (κ2) is 5.84. The number of benzene rings is 1. The molecule has 1 aromatic rings. The van der Waals surface area contributed by atoms with Gasteiger partial charge >= 0.3 is 0 Å². The molecule has 4 fully saturated rings. The second-order valence-electron chi connectivity index (χ2n) is 8.55. The third-order valence-electron chi connectivity index (χ3n) is 6.18. The third-order valence-corrected chi connectivity index (χ3v) is 6.18. The lowest BCUT2D eigenvalue weighted by atomic mass is 9.51. The highest BCUT2D eigenvalue weighted by atomic mass is 16.3. The fourth-order valence-electron chi connectivity index (χ4n) is 5.75. The molecule has 2 amide bonds. The fraction of sp³-hybridized carbons (Fsp3) is 0.600. The predicted octanol–water partition coefficient (Wildman–Crippen LogP) is 2.52. The standard InChI is InChI=1S/C20H26N2O3/c1-13-4-2-3-5-16(13)21-17(23)7-18(24)22-19-8-14-6-15(9-19)11-20(25,10-14)12-19/h2-5,14-15,25H,6-12H2,1H3,(H,21,23)(H,22,24)/t14-,15-,19?,20?/m1/s1. The molecule has 1 aromatic carbocycles. The van der Waals surface area contributed by atoms with E-state index in [0.717, 1.165) is 36.9 Å². The SMILES string of the molecule is Cc1ccccc1NC(=O)CC(=O)NC12C[C@H]3C[C@@H](CC(O)(C3)C1)C2. The predicted molar refractivity (Wildman–Crippen MR) is 94.9 cm³/mol. The summed E-state index contributed by atoms with van der Waals surface area (Å²) < 4.78 is 0. The summed E-state index contributed by atoms with van der Waals surface area (Å²) in [5.41, 5.74) is 0.795. The Labute approximate surface area is 148 Å². The third kappa shape index (κ3) is 3.30. The van der Waals surface area contributed by atoms with Crippen molar-refractivity contribution in [2.24, 2.45) is 11.8 Å². The van der Waals surface area contributed by atoms with Crippen LogP contribution in [0, 0.1) is 18.8 Å². The Bertz CT molecular complexity index is 701. The number of aliphatic hydroxyl groups is 1. The van der Waals surface area contributed by atoms with E-state index < -0.39 is 5.60 Å². The normalized spacial score (nSPS) is 35.4. The zero-order valence-electron chi connectivity index (χ0n) is 14.7. The summed E-state index contributed by atoms with van der Waals surface area (Å²) >= 11 is 0. The molecule has 5 heteroatoms. The highest BCUT2D eigenvalue weighted by Crippen LogP contribution is 2.57. The summed E-state index contributed by atoms with van der Waals surface area (Å²) in [6.07, 6.45) is 5.26. The van der Waals surface area contributed by atoms with Crippen molar-refractivity contribution in [3.63, 3.8) is 0 Å². The maximum Gasteiger partial charge on any atom is 0.233 e. The summed E-state index contributed by atoms with van der Waals surface area (Å²) in [6, 6.07) is 7.53. The molecular formula is C20H26N2O3. The van der Waals surface area contributed by atoms with E-state index in [-0.39, 0.29) is 23.8 Å². The summed E-state index contributed by atoms with van der Waals surface area (Å²) in [5, 5.41) is 16.7. The molecule has 5 rings (SSSR count). The average Bonchev–Trinajstić information content (AvgIpc) is 2.46. The first-order valence-corrected chi connectivity index (χ1v) is 9.24. The smallest absolute Gasteiger partial charge is 0.233 e. The number of carbonyl (C=O) groups excluding carboxylic acids is 2. The number of carbonyl (C=O) groups is 2. The van der Waals surface area contributed by atoms with E-state index in [1.54, 1.807) is 0 Å². The molecule has 3 N–H and O–H groups in total. The van der Waals surface area contributed by atoms with E-state index in [1.165, 1.54) is 6.42 Å². The first-order valence-electron chi connectivity index (χ1n) is 9.24. The number of hydrogen-bond donors (Lipinski definition) is 3. The molecule has 0 saturated heterocycles. The van der Waals surface area contributed by atoms with E-state index in [4.69, 9.17) is 0 Å². The van der Waals surface area contributed by atoms with Crippen molar-refractivity contribution in [1.29, 1.82) is 0 Å². The van der Waals surface area contributed by atoms with E-state index in [2.05, 4.69) is 10.6 Å². The number of anilines is 1. The van der Waals surface area contributed by atoms with Crippen molar-refractivity contribution in [3.05, 3.63) is 29.8 Å². The van der Waals surface area contributed by atoms with Gasteiger partial charge in [0.25, 0.3) is 0 Å². The largest absolute Gasteiger partial charge is 0.390 e. The molecule has 4 bridgehead atoms. The summed E-state index contributed by atoms with van der Waals surface area (Å²) in [4.78, 5) is 24.7. The number of aryl methyl sites for hydroxylation is 1. The lowest BCUT2D eigenvalue weighted by Gasteiger charge is -2.60. The van der Waals surface area contributed by atoms with E-state index >= 15 is 0 Å². The second-order valence-corrected chi connectivity index (χ2v) is 8.55. The molecular weight excluding hydrogens is 316 g/mol. The molecule has 134 valence electrons.